The average molecular weight is 397 g/mol. The molecule has 1 amide bonds. The molecular weight excluding hydrogens is 372 g/mol. The zero-order valence-electron chi connectivity index (χ0n) is 15.9. The number of hydrogen-bond acceptors (Lipinski definition) is 3. The molecule has 0 spiro atoms. The molecule has 0 radical (unpaired) electrons. The first-order chi connectivity index (χ1) is 13.4. The minimum atomic E-state index is -3.07. The number of fused-ring (bicyclic) bond motifs is 1. The van der Waals surface area contributed by atoms with Gasteiger partial charge in [0.2, 0.25) is 0 Å². The Hall–Kier alpha value is -2.60. The highest BCUT2D eigenvalue weighted by Gasteiger charge is 2.26. The Labute approximate surface area is 165 Å². The van der Waals surface area contributed by atoms with Crippen molar-refractivity contribution in [3.63, 3.8) is 0 Å². The van der Waals surface area contributed by atoms with Crippen LogP contribution in [-0.2, 0) is 15.6 Å². The van der Waals surface area contributed by atoms with E-state index in [1.807, 2.05) is 11.0 Å². The fourth-order valence-electron chi connectivity index (χ4n) is 4.05. The second-order valence-electron chi connectivity index (χ2n) is 7.62. The summed E-state index contributed by atoms with van der Waals surface area (Å²) >= 11 is 0. The topological polar surface area (TPSA) is 70.2 Å². The minimum Gasteiger partial charge on any atom is -0.361 e. The Bertz CT molecular complexity index is 1090. The van der Waals surface area contributed by atoms with E-state index in [2.05, 4.69) is 29.4 Å². The van der Waals surface area contributed by atoms with Gasteiger partial charge in [0.15, 0.2) is 9.84 Å². The van der Waals surface area contributed by atoms with E-state index in [4.69, 9.17) is 0 Å². The molecule has 28 heavy (non-hydrogen) atoms. The molecule has 2 aromatic carbocycles. The van der Waals surface area contributed by atoms with Gasteiger partial charge in [-0.15, -0.1) is 0 Å². The predicted octanol–water partition coefficient (Wildman–Crippen LogP) is 3.73. The van der Waals surface area contributed by atoms with Gasteiger partial charge >= 0.3 is 0 Å². The molecule has 4 rings (SSSR count). The van der Waals surface area contributed by atoms with E-state index in [0.29, 0.717) is 17.0 Å². The monoisotopic (exact) mass is 396 g/mol. The number of para-hydroxylation sites is 1. The molecule has 1 fully saturated rings. The van der Waals surface area contributed by atoms with Crippen LogP contribution in [0.3, 0.4) is 0 Å². The van der Waals surface area contributed by atoms with Crippen LogP contribution in [0.25, 0.3) is 10.9 Å². The third kappa shape index (κ3) is 3.97. The van der Waals surface area contributed by atoms with Crippen molar-refractivity contribution in [3.05, 3.63) is 71.4 Å². The Kier molecular flexibility index (Phi) is 4.98. The second-order valence-corrected chi connectivity index (χ2v) is 9.76. The first-order valence-corrected chi connectivity index (χ1v) is 11.6. The lowest BCUT2D eigenvalue weighted by Gasteiger charge is -2.32. The second kappa shape index (κ2) is 7.43. The first-order valence-electron chi connectivity index (χ1n) is 9.53. The van der Waals surface area contributed by atoms with Gasteiger partial charge in [-0.2, -0.15) is 0 Å². The van der Waals surface area contributed by atoms with Gasteiger partial charge < -0.3 is 9.88 Å². The number of hydrogen-bond donors (Lipinski definition) is 1. The Morgan fingerprint density at radius 3 is 2.43 bits per heavy atom. The zero-order valence-corrected chi connectivity index (χ0v) is 16.7. The summed E-state index contributed by atoms with van der Waals surface area (Å²) in [6.45, 7) is 1.46. The molecule has 0 aliphatic carbocycles. The van der Waals surface area contributed by atoms with Crippen molar-refractivity contribution in [1.29, 1.82) is 0 Å². The van der Waals surface area contributed by atoms with E-state index in [0.717, 1.165) is 31.4 Å². The van der Waals surface area contributed by atoms with Crippen molar-refractivity contribution in [3.8, 4) is 0 Å². The lowest BCUT2D eigenvalue weighted by Crippen LogP contribution is -2.37. The highest BCUT2D eigenvalue weighted by Crippen LogP contribution is 2.33. The van der Waals surface area contributed by atoms with Crippen LogP contribution in [0, 0.1) is 0 Å². The zero-order chi connectivity index (χ0) is 19.7. The van der Waals surface area contributed by atoms with E-state index in [-0.39, 0.29) is 11.7 Å². The quantitative estimate of drug-likeness (QED) is 0.730. The molecule has 0 bridgehead atoms. The molecule has 6 heteroatoms. The van der Waals surface area contributed by atoms with E-state index in [9.17, 15) is 13.2 Å². The van der Waals surface area contributed by atoms with Gasteiger partial charge in [0, 0.05) is 42.0 Å². The van der Waals surface area contributed by atoms with Crippen molar-refractivity contribution in [1.82, 2.24) is 9.88 Å². The first kappa shape index (κ1) is 18.7. The van der Waals surface area contributed by atoms with Gasteiger partial charge in [-0.25, -0.2) is 8.42 Å². The number of likely N-dealkylation sites (tertiary alicyclic amines) is 1. The van der Waals surface area contributed by atoms with Crippen molar-refractivity contribution >= 4 is 26.6 Å². The number of carbonyl (C=O) groups excluding carboxylic acids is 1. The molecule has 1 N–H and O–H groups in total. The van der Waals surface area contributed by atoms with Crippen LogP contribution < -0.4 is 0 Å². The smallest absolute Gasteiger partial charge is 0.253 e. The number of rotatable bonds is 4. The summed E-state index contributed by atoms with van der Waals surface area (Å²) in [5, 5.41) is 1.27. The third-order valence-electron chi connectivity index (χ3n) is 5.47. The molecule has 2 heterocycles. The van der Waals surface area contributed by atoms with Gasteiger partial charge in [-0.05, 0) is 48.1 Å². The molecule has 1 aromatic heterocycles. The summed E-state index contributed by atoms with van der Waals surface area (Å²) in [6, 6.07) is 15.3. The molecule has 146 valence electrons. The maximum absolute atomic E-state index is 12.8. The largest absolute Gasteiger partial charge is 0.361 e. The SMILES string of the molecule is CS(=O)(=O)Cc1ccc(C(=O)N2CCC(c3c[nH]c4ccccc34)CC2)cc1. The summed E-state index contributed by atoms with van der Waals surface area (Å²) in [4.78, 5) is 18.0. The molecule has 0 atom stereocenters. The normalized spacial score (nSPS) is 15.8. The van der Waals surface area contributed by atoms with Crippen molar-refractivity contribution in [2.24, 2.45) is 0 Å². The summed E-state index contributed by atoms with van der Waals surface area (Å²) in [7, 11) is -3.07. The number of sulfone groups is 1. The number of nitrogens with zero attached hydrogens (tertiary/aromatic N) is 1. The van der Waals surface area contributed by atoms with Crippen LogP contribution in [0.4, 0.5) is 0 Å². The highest BCUT2D eigenvalue weighted by atomic mass is 32.2. The average Bonchev–Trinajstić information content (AvgIpc) is 3.11. The molecule has 1 aliphatic rings. The predicted molar refractivity (Wildman–Crippen MR) is 111 cm³/mol. The standard InChI is InChI=1S/C22H24N2O3S/c1-28(26,27)15-16-6-8-18(9-7-16)22(25)24-12-10-17(11-13-24)20-14-23-21-5-3-2-4-19(20)21/h2-9,14,17,23H,10-13,15H2,1H3. The van der Waals surface area contributed by atoms with E-state index in [1.165, 1.54) is 17.2 Å². The summed E-state index contributed by atoms with van der Waals surface area (Å²) in [6.07, 6.45) is 5.21. The number of nitrogens with one attached hydrogen (secondary N) is 1. The van der Waals surface area contributed by atoms with Crippen molar-refractivity contribution in [2.45, 2.75) is 24.5 Å². The molecular formula is C22H24N2O3S. The number of benzene rings is 2. The molecule has 0 saturated carbocycles. The molecule has 0 unspecified atom stereocenters. The van der Waals surface area contributed by atoms with Crippen LogP contribution in [0.5, 0.6) is 0 Å². The van der Waals surface area contributed by atoms with E-state index in [1.54, 1.807) is 24.3 Å². The molecule has 1 saturated heterocycles. The van der Waals surface area contributed by atoms with Gasteiger partial charge in [0.25, 0.3) is 5.91 Å². The summed E-state index contributed by atoms with van der Waals surface area (Å²) in [5.74, 6) is 0.470. The number of piperidine rings is 1. The Balaban J connectivity index is 1.41. The Morgan fingerprint density at radius 1 is 1.07 bits per heavy atom. The summed E-state index contributed by atoms with van der Waals surface area (Å²) in [5.41, 5.74) is 3.82. The maximum atomic E-state index is 12.8. The molecule has 5 nitrogen and oxygen atoms in total. The number of aromatic nitrogens is 1. The van der Waals surface area contributed by atoms with Crippen molar-refractivity contribution in [2.75, 3.05) is 19.3 Å². The molecule has 3 aromatic rings. The summed E-state index contributed by atoms with van der Waals surface area (Å²) < 4.78 is 22.8. The van der Waals surface area contributed by atoms with E-state index >= 15 is 0 Å². The fraction of sp³-hybridized carbons (Fsp3) is 0.318. The molecule has 1 aliphatic heterocycles. The number of amides is 1. The number of aromatic amines is 1. The van der Waals surface area contributed by atoms with Crippen LogP contribution in [0.1, 0.15) is 40.2 Å². The van der Waals surface area contributed by atoms with Crippen LogP contribution >= 0.6 is 0 Å². The third-order valence-corrected chi connectivity index (χ3v) is 6.33. The highest BCUT2D eigenvalue weighted by molar-refractivity contribution is 7.89. The lowest BCUT2D eigenvalue weighted by molar-refractivity contribution is 0.0713. The maximum Gasteiger partial charge on any atom is 0.253 e. The van der Waals surface area contributed by atoms with Crippen LogP contribution in [0.2, 0.25) is 0 Å². The lowest BCUT2D eigenvalue weighted by atomic mass is 9.89. The minimum absolute atomic E-state index is 0.00249. The number of H-pyrrole nitrogens is 1. The Morgan fingerprint density at radius 2 is 1.75 bits per heavy atom. The van der Waals surface area contributed by atoms with Gasteiger partial charge in [0.1, 0.15) is 0 Å². The fourth-order valence-corrected chi connectivity index (χ4v) is 4.85. The number of carbonyl (C=O) groups is 1. The van der Waals surface area contributed by atoms with Crippen molar-refractivity contribution < 1.29 is 13.2 Å². The van der Waals surface area contributed by atoms with E-state index < -0.39 is 9.84 Å². The van der Waals surface area contributed by atoms with Gasteiger partial charge in [-0.1, -0.05) is 30.3 Å². The van der Waals surface area contributed by atoms with Crippen LogP contribution in [0.15, 0.2) is 54.7 Å². The van der Waals surface area contributed by atoms with Crippen LogP contribution in [-0.4, -0.2) is 43.6 Å². The van der Waals surface area contributed by atoms with Gasteiger partial charge in [0.05, 0.1) is 5.75 Å². The van der Waals surface area contributed by atoms with Gasteiger partial charge in [-0.3, -0.25) is 4.79 Å².